The van der Waals surface area contributed by atoms with Crippen molar-refractivity contribution in [3.8, 4) is 17.4 Å². The summed E-state index contributed by atoms with van der Waals surface area (Å²) in [5.41, 5.74) is 4.29. The van der Waals surface area contributed by atoms with E-state index in [2.05, 4.69) is 20.6 Å². The van der Waals surface area contributed by atoms with Gasteiger partial charge in [0.05, 0.1) is 7.11 Å². The SMILES string of the molecule is COc1ncc(C)cc1NC(=O)NCc1ccc(Oc2ccnc(C)c2)c(C)c1. The molecule has 2 N–H and O–H groups in total. The average molecular weight is 392 g/mol. The molecule has 0 aliphatic heterocycles. The Labute approximate surface area is 170 Å². The molecule has 3 aromatic rings. The normalized spacial score (nSPS) is 10.3. The van der Waals surface area contributed by atoms with Crippen LogP contribution in [0.4, 0.5) is 10.5 Å². The number of aryl methyl sites for hydroxylation is 3. The zero-order valence-corrected chi connectivity index (χ0v) is 16.9. The molecule has 0 spiro atoms. The van der Waals surface area contributed by atoms with Crippen molar-refractivity contribution in [2.45, 2.75) is 27.3 Å². The molecule has 0 atom stereocenters. The van der Waals surface area contributed by atoms with Gasteiger partial charge < -0.3 is 20.1 Å². The van der Waals surface area contributed by atoms with Gasteiger partial charge in [-0.1, -0.05) is 12.1 Å². The van der Waals surface area contributed by atoms with Crippen LogP contribution in [-0.4, -0.2) is 23.1 Å². The minimum absolute atomic E-state index is 0.332. The average Bonchev–Trinajstić information content (AvgIpc) is 2.68. The number of hydrogen-bond donors (Lipinski definition) is 2. The minimum Gasteiger partial charge on any atom is -0.480 e. The van der Waals surface area contributed by atoms with Gasteiger partial charge in [0.25, 0.3) is 0 Å². The lowest BCUT2D eigenvalue weighted by Crippen LogP contribution is -2.28. The highest BCUT2D eigenvalue weighted by Crippen LogP contribution is 2.26. The number of carbonyl (C=O) groups is 1. The van der Waals surface area contributed by atoms with E-state index in [1.807, 2.05) is 57.2 Å². The van der Waals surface area contributed by atoms with E-state index in [0.29, 0.717) is 18.1 Å². The number of hydrogen-bond acceptors (Lipinski definition) is 5. The second-order valence-electron chi connectivity index (χ2n) is 6.71. The van der Waals surface area contributed by atoms with Crippen LogP contribution in [0.5, 0.6) is 17.4 Å². The van der Waals surface area contributed by atoms with Crippen molar-refractivity contribution in [2.75, 3.05) is 12.4 Å². The van der Waals surface area contributed by atoms with Gasteiger partial charge in [0.2, 0.25) is 5.88 Å². The molecular weight excluding hydrogens is 368 g/mol. The summed E-state index contributed by atoms with van der Waals surface area (Å²) in [4.78, 5) is 20.6. The summed E-state index contributed by atoms with van der Waals surface area (Å²) in [6.45, 7) is 6.16. The van der Waals surface area contributed by atoms with Gasteiger partial charge in [0.1, 0.15) is 17.2 Å². The standard InChI is InChI=1S/C22H24N4O3/c1-14-9-19(21(28-4)24-12-14)26-22(27)25-13-17-5-6-20(15(2)10-17)29-18-7-8-23-16(3)11-18/h5-12H,13H2,1-4H3,(H2,25,26,27). The fraction of sp³-hybridized carbons (Fsp3) is 0.227. The van der Waals surface area contributed by atoms with Gasteiger partial charge in [0.15, 0.2) is 0 Å². The van der Waals surface area contributed by atoms with E-state index in [0.717, 1.165) is 33.9 Å². The first-order valence-electron chi connectivity index (χ1n) is 9.20. The van der Waals surface area contributed by atoms with Crippen LogP contribution in [0.3, 0.4) is 0 Å². The molecule has 0 saturated heterocycles. The topological polar surface area (TPSA) is 85.4 Å². The van der Waals surface area contributed by atoms with E-state index in [-0.39, 0.29) is 6.03 Å². The van der Waals surface area contributed by atoms with Crippen LogP contribution < -0.4 is 20.1 Å². The molecular formula is C22H24N4O3. The van der Waals surface area contributed by atoms with Crippen LogP contribution in [0, 0.1) is 20.8 Å². The Morgan fingerprint density at radius 2 is 1.90 bits per heavy atom. The number of aromatic nitrogens is 2. The van der Waals surface area contributed by atoms with Crippen LogP contribution in [-0.2, 0) is 6.54 Å². The molecule has 1 aromatic carbocycles. The number of pyridine rings is 2. The molecule has 0 radical (unpaired) electrons. The van der Waals surface area contributed by atoms with E-state index in [1.54, 1.807) is 12.4 Å². The van der Waals surface area contributed by atoms with Crippen molar-refractivity contribution < 1.29 is 14.3 Å². The highest BCUT2D eigenvalue weighted by atomic mass is 16.5. The second kappa shape index (κ2) is 9.05. The Bertz CT molecular complexity index is 1020. The monoisotopic (exact) mass is 392 g/mol. The number of benzene rings is 1. The largest absolute Gasteiger partial charge is 0.480 e. The number of anilines is 1. The van der Waals surface area contributed by atoms with E-state index in [4.69, 9.17) is 9.47 Å². The minimum atomic E-state index is -0.332. The summed E-state index contributed by atoms with van der Waals surface area (Å²) in [7, 11) is 1.51. The van der Waals surface area contributed by atoms with Crippen molar-refractivity contribution in [3.05, 3.63) is 71.2 Å². The molecule has 0 aliphatic carbocycles. The maximum atomic E-state index is 12.3. The van der Waals surface area contributed by atoms with Crippen molar-refractivity contribution >= 4 is 11.7 Å². The van der Waals surface area contributed by atoms with Crippen LogP contribution in [0.2, 0.25) is 0 Å². The summed E-state index contributed by atoms with van der Waals surface area (Å²) in [5, 5.41) is 5.61. The quantitative estimate of drug-likeness (QED) is 0.644. The van der Waals surface area contributed by atoms with Crippen molar-refractivity contribution in [3.63, 3.8) is 0 Å². The lowest BCUT2D eigenvalue weighted by atomic mass is 10.1. The molecule has 29 heavy (non-hydrogen) atoms. The third kappa shape index (κ3) is 5.44. The molecule has 0 aliphatic rings. The van der Waals surface area contributed by atoms with Crippen molar-refractivity contribution in [1.29, 1.82) is 0 Å². The van der Waals surface area contributed by atoms with E-state index in [1.165, 1.54) is 7.11 Å². The fourth-order valence-corrected chi connectivity index (χ4v) is 2.80. The molecule has 0 fully saturated rings. The Kier molecular flexibility index (Phi) is 6.29. The predicted molar refractivity (Wildman–Crippen MR) is 112 cm³/mol. The van der Waals surface area contributed by atoms with Crippen LogP contribution in [0.25, 0.3) is 0 Å². The Morgan fingerprint density at radius 1 is 1.07 bits per heavy atom. The van der Waals surface area contributed by atoms with E-state index >= 15 is 0 Å². The molecule has 0 bridgehead atoms. The van der Waals surface area contributed by atoms with Gasteiger partial charge >= 0.3 is 6.03 Å². The lowest BCUT2D eigenvalue weighted by Gasteiger charge is -2.13. The summed E-state index contributed by atoms with van der Waals surface area (Å²) < 4.78 is 11.1. The zero-order valence-electron chi connectivity index (χ0n) is 16.9. The van der Waals surface area contributed by atoms with Crippen LogP contribution in [0.1, 0.15) is 22.4 Å². The number of urea groups is 1. The van der Waals surface area contributed by atoms with E-state index < -0.39 is 0 Å². The van der Waals surface area contributed by atoms with Crippen LogP contribution in [0.15, 0.2) is 48.8 Å². The number of nitrogens with one attached hydrogen (secondary N) is 2. The zero-order chi connectivity index (χ0) is 20.8. The third-order valence-electron chi connectivity index (χ3n) is 4.22. The maximum Gasteiger partial charge on any atom is 0.319 e. The van der Waals surface area contributed by atoms with Crippen molar-refractivity contribution in [1.82, 2.24) is 15.3 Å². The first-order chi connectivity index (χ1) is 13.9. The summed E-state index contributed by atoms with van der Waals surface area (Å²) in [6.07, 6.45) is 3.40. The van der Waals surface area contributed by atoms with Gasteiger partial charge in [-0.15, -0.1) is 0 Å². The summed E-state index contributed by atoms with van der Waals surface area (Å²) >= 11 is 0. The molecule has 2 aromatic heterocycles. The number of nitrogens with zero attached hydrogens (tertiary/aromatic N) is 2. The molecule has 0 unspecified atom stereocenters. The Morgan fingerprint density at radius 3 is 2.62 bits per heavy atom. The first-order valence-corrected chi connectivity index (χ1v) is 9.20. The molecule has 3 rings (SSSR count). The number of rotatable bonds is 6. The van der Waals surface area contributed by atoms with Gasteiger partial charge in [-0.2, -0.15) is 0 Å². The maximum absolute atomic E-state index is 12.3. The number of methoxy groups -OCH3 is 1. The third-order valence-corrected chi connectivity index (χ3v) is 4.22. The van der Waals surface area contributed by atoms with Gasteiger partial charge in [-0.05, 0) is 55.7 Å². The predicted octanol–water partition coefficient (Wildman–Crippen LogP) is 4.52. The molecule has 150 valence electrons. The Hall–Kier alpha value is -3.61. The molecule has 0 saturated carbocycles. The van der Waals surface area contributed by atoms with Gasteiger partial charge in [-0.25, -0.2) is 9.78 Å². The molecule has 7 nitrogen and oxygen atoms in total. The number of carbonyl (C=O) groups excluding carboxylic acids is 1. The number of amides is 2. The summed E-state index contributed by atoms with van der Waals surface area (Å²) in [6, 6.07) is 11.0. The van der Waals surface area contributed by atoms with Gasteiger partial charge in [-0.3, -0.25) is 4.98 Å². The van der Waals surface area contributed by atoms with E-state index in [9.17, 15) is 4.79 Å². The number of ether oxygens (including phenoxy) is 2. The summed E-state index contributed by atoms with van der Waals surface area (Å²) in [5.74, 6) is 1.88. The molecule has 7 heteroatoms. The Balaban J connectivity index is 1.60. The van der Waals surface area contributed by atoms with Gasteiger partial charge in [0, 0.05) is 30.7 Å². The van der Waals surface area contributed by atoms with Crippen LogP contribution >= 0.6 is 0 Å². The lowest BCUT2D eigenvalue weighted by molar-refractivity contribution is 0.251. The smallest absolute Gasteiger partial charge is 0.319 e. The first kappa shape index (κ1) is 20.1. The highest BCUT2D eigenvalue weighted by molar-refractivity contribution is 5.90. The van der Waals surface area contributed by atoms with Crippen molar-refractivity contribution in [2.24, 2.45) is 0 Å². The fourth-order valence-electron chi connectivity index (χ4n) is 2.80. The molecule has 2 amide bonds. The second-order valence-corrected chi connectivity index (χ2v) is 6.71. The highest BCUT2D eigenvalue weighted by Gasteiger charge is 2.10. The molecule has 2 heterocycles.